The summed E-state index contributed by atoms with van der Waals surface area (Å²) in [6, 6.07) is 1.38. The molecular formula is C14H30N2O. The largest absolute Gasteiger partial charge is 0.396 e. The summed E-state index contributed by atoms with van der Waals surface area (Å²) >= 11 is 0. The van der Waals surface area contributed by atoms with Gasteiger partial charge in [0.05, 0.1) is 0 Å². The molecule has 0 amide bonds. The van der Waals surface area contributed by atoms with Crippen molar-refractivity contribution in [3.63, 3.8) is 0 Å². The minimum atomic E-state index is 0.330. The maximum absolute atomic E-state index is 9.04. The molecule has 3 heteroatoms. The summed E-state index contributed by atoms with van der Waals surface area (Å²) in [5, 5.41) is 12.7. The maximum atomic E-state index is 9.04. The third kappa shape index (κ3) is 5.36. The lowest BCUT2D eigenvalue weighted by molar-refractivity contribution is 0.162. The lowest BCUT2D eigenvalue weighted by Gasteiger charge is -2.36. The minimum absolute atomic E-state index is 0.330. The second-order valence-electron chi connectivity index (χ2n) is 5.63. The van der Waals surface area contributed by atoms with Crippen LogP contribution in [0.2, 0.25) is 0 Å². The highest BCUT2D eigenvalue weighted by Gasteiger charge is 2.22. The Balaban J connectivity index is 2.24. The number of piperidine rings is 1. The van der Waals surface area contributed by atoms with E-state index in [4.69, 9.17) is 5.11 Å². The molecule has 1 aliphatic heterocycles. The topological polar surface area (TPSA) is 35.5 Å². The Kier molecular flexibility index (Phi) is 7.09. The zero-order chi connectivity index (χ0) is 12.7. The van der Waals surface area contributed by atoms with Crippen LogP contribution in [-0.4, -0.2) is 48.8 Å². The summed E-state index contributed by atoms with van der Waals surface area (Å²) in [4.78, 5) is 2.44. The van der Waals surface area contributed by atoms with Crippen molar-refractivity contribution in [2.24, 2.45) is 5.92 Å². The summed E-state index contributed by atoms with van der Waals surface area (Å²) in [5.74, 6) is 0.653. The van der Waals surface area contributed by atoms with Gasteiger partial charge in [-0.1, -0.05) is 13.3 Å². The number of likely N-dealkylation sites (tertiary alicyclic amines) is 1. The number of hydrogen-bond donors (Lipinski definition) is 2. The van der Waals surface area contributed by atoms with E-state index in [2.05, 4.69) is 31.1 Å². The number of nitrogens with one attached hydrogen (secondary N) is 1. The molecule has 1 saturated heterocycles. The molecule has 0 bridgehead atoms. The number of aliphatic hydroxyl groups is 1. The van der Waals surface area contributed by atoms with Gasteiger partial charge in [0, 0.05) is 18.7 Å². The standard InChI is InChI=1S/C14H30N2O/c1-4-5-13(7-9-17)11-15-14-6-8-16(3)12(2)10-14/h12-15,17H,4-11H2,1-3H3. The predicted octanol–water partition coefficient (Wildman–Crippen LogP) is 1.86. The van der Waals surface area contributed by atoms with Gasteiger partial charge < -0.3 is 15.3 Å². The molecule has 1 fully saturated rings. The molecule has 0 aromatic rings. The molecular weight excluding hydrogens is 212 g/mol. The van der Waals surface area contributed by atoms with Crippen LogP contribution in [0.4, 0.5) is 0 Å². The van der Waals surface area contributed by atoms with Crippen molar-refractivity contribution >= 4 is 0 Å². The zero-order valence-corrected chi connectivity index (χ0v) is 11.8. The van der Waals surface area contributed by atoms with Gasteiger partial charge in [0.2, 0.25) is 0 Å². The van der Waals surface area contributed by atoms with Gasteiger partial charge in [-0.3, -0.25) is 0 Å². The molecule has 102 valence electrons. The minimum Gasteiger partial charge on any atom is -0.396 e. The molecule has 1 aliphatic rings. The van der Waals surface area contributed by atoms with Gasteiger partial charge in [0.25, 0.3) is 0 Å². The first-order valence-corrected chi connectivity index (χ1v) is 7.21. The number of aliphatic hydroxyl groups excluding tert-OH is 1. The van der Waals surface area contributed by atoms with E-state index in [1.807, 2.05) is 0 Å². The summed E-state index contributed by atoms with van der Waals surface area (Å²) < 4.78 is 0. The molecule has 17 heavy (non-hydrogen) atoms. The van der Waals surface area contributed by atoms with E-state index in [0.29, 0.717) is 24.6 Å². The van der Waals surface area contributed by atoms with Crippen molar-refractivity contribution in [1.82, 2.24) is 10.2 Å². The highest BCUT2D eigenvalue weighted by atomic mass is 16.3. The molecule has 0 radical (unpaired) electrons. The fraction of sp³-hybridized carbons (Fsp3) is 1.00. The predicted molar refractivity (Wildman–Crippen MR) is 73.2 cm³/mol. The van der Waals surface area contributed by atoms with Gasteiger partial charge in [0.15, 0.2) is 0 Å². The van der Waals surface area contributed by atoms with Gasteiger partial charge >= 0.3 is 0 Å². The van der Waals surface area contributed by atoms with E-state index in [-0.39, 0.29) is 0 Å². The SMILES string of the molecule is CCCC(CCO)CNC1CCN(C)C(C)C1. The quantitative estimate of drug-likeness (QED) is 0.715. The van der Waals surface area contributed by atoms with Crippen LogP contribution in [0.25, 0.3) is 0 Å². The van der Waals surface area contributed by atoms with Crippen molar-refractivity contribution in [1.29, 1.82) is 0 Å². The van der Waals surface area contributed by atoms with E-state index in [1.54, 1.807) is 0 Å². The van der Waals surface area contributed by atoms with Crippen molar-refractivity contribution < 1.29 is 5.11 Å². The van der Waals surface area contributed by atoms with Crippen LogP contribution >= 0.6 is 0 Å². The van der Waals surface area contributed by atoms with Crippen LogP contribution in [0, 0.1) is 5.92 Å². The van der Waals surface area contributed by atoms with E-state index in [1.165, 1.54) is 32.2 Å². The van der Waals surface area contributed by atoms with Gasteiger partial charge in [-0.15, -0.1) is 0 Å². The highest BCUT2D eigenvalue weighted by molar-refractivity contribution is 4.81. The van der Waals surface area contributed by atoms with Crippen LogP contribution < -0.4 is 5.32 Å². The molecule has 0 aromatic heterocycles. The number of nitrogens with zero attached hydrogens (tertiary/aromatic N) is 1. The normalized spacial score (nSPS) is 28.2. The van der Waals surface area contributed by atoms with Crippen molar-refractivity contribution in [3.8, 4) is 0 Å². The number of hydrogen-bond acceptors (Lipinski definition) is 3. The maximum Gasteiger partial charge on any atom is 0.0434 e. The molecule has 0 aliphatic carbocycles. The molecule has 1 heterocycles. The Hall–Kier alpha value is -0.120. The first-order valence-electron chi connectivity index (χ1n) is 7.21. The Bertz CT molecular complexity index is 193. The second-order valence-corrected chi connectivity index (χ2v) is 5.63. The summed E-state index contributed by atoms with van der Waals surface area (Å²) in [6.45, 7) is 7.15. The van der Waals surface area contributed by atoms with Crippen molar-refractivity contribution in [3.05, 3.63) is 0 Å². The third-order valence-electron chi connectivity index (χ3n) is 4.14. The Labute approximate surface area is 107 Å². The van der Waals surface area contributed by atoms with E-state index in [9.17, 15) is 0 Å². The zero-order valence-electron chi connectivity index (χ0n) is 11.8. The van der Waals surface area contributed by atoms with Gasteiger partial charge in [-0.25, -0.2) is 0 Å². The first kappa shape index (κ1) is 14.9. The van der Waals surface area contributed by atoms with E-state index >= 15 is 0 Å². The fourth-order valence-corrected chi connectivity index (χ4v) is 2.75. The molecule has 0 aromatic carbocycles. The Morgan fingerprint density at radius 2 is 2.18 bits per heavy atom. The third-order valence-corrected chi connectivity index (χ3v) is 4.14. The molecule has 1 rings (SSSR count). The van der Waals surface area contributed by atoms with E-state index in [0.717, 1.165) is 13.0 Å². The summed E-state index contributed by atoms with van der Waals surface area (Å²) in [6.07, 6.45) is 5.92. The van der Waals surface area contributed by atoms with Crippen molar-refractivity contribution in [2.45, 2.75) is 58.0 Å². The van der Waals surface area contributed by atoms with Crippen LogP contribution in [0.5, 0.6) is 0 Å². The van der Waals surface area contributed by atoms with Crippen LogP contribution in [0.3, 0.4) is 0 Å². The molecule has 3 unspecified atom stereocenters. The first-order chi connectivity index (χ1) is 8.17. The van der Waals surface area contributed by atoms with Crippen LogP contribution in [0.15, 0.2) is 0 Å². The Morgan fingerprint density at radius 3 is 2.76 bits per heavy atom. The molecule has 3 nitrogen and oxygen atoms in total. The van der Waals surface area contributed by atoms with Gasteiger partial charge in [-0.2, -0.15) is 0 Å². The smallest absolute Gasteiger partial charge is 0.0434 e. The fourth-order valence-electron chi connectivity index (χ4n) is 2.75. The average Bonchev–Trinajstić information content (AvgIpc) is 2.31. The number of rotatable bonds is 7. The molecule has 0 spiro atoms. The lowest BCUT2D eigenvalue weighted by Crippen LogP contribution is -2.46. The van der Waals surface area contributed by atoms with Gasteiger partial charge in [-0.05, 0) is 58.7 Å². The molecule has 0 saturated carbocycles. The lowest BCUT2D eigenvalue weighted by atomic mass is 9.96. The van der Waals surface area contributed by atoms with Crippen molar-refractivity contribution in [2.75, 3.05) is 26.7 Å². The summed E-state index contributed by atoms with van der Waals surface area (Å²) in [5.41, 5.74) is 0. The Morgan fingerprint density at radius 1 is 1.41 bits per heavy atom. The highest BCUT2D eigenvalue weighted by Crippen LogP contribution is 2.16. The second kappa shape index (κ2) is 8.06. The monoisotopic (exact) mass is 242 g/mol. The average molecular weight is 242 g/mol. The molecule has 3 atom stereocenters. The van der Waals surface area contributed by atoms with Gasteiger partial charge in [0.1, 0.15) is 0 Å². The molecule has 2 N–H and O–H groups in total. The summed E-state index contributed by atoms with van der Waals surface area (Å²) in [7, 11) is 2.21. The van der Waals surface area contributed by atoms with E-state index < -0.39 is 0 Å². The van der Waals surface area contributed by atoms with Crippen LogP contribution in [0.1, 0.15) is 46.0 Å². The van der Waals surface area contributed by atoms with Crippen LogP contribution in [-0.2, 0) is 0 Å².